The highest BCUT2D eigenvalue weighted by atomic mass is 15.1. The first-order valence-electron chi connectivity index (χ1n) is 5.72. The molecule has 1 aliphatic rings. The molecule has 84 valence electrons. The van der Waals surface area contributed by atoms with Gasteiger partial charge in [-0.15, -0.1) is 0 Å². The molecule has 4 nitrogen and oxygen atoms in total. The highest BCUT2D eigenvalue weighted by molar-refractivity contribution is 5.22. The van der Waals surface area contributed by atoms with Crippen molar-refractivity contribution in [3.8, 4) is 0 Å². The number of nitrogens with one attached hydrogen (secondary N) is 1. The third kappa shape index (κ3) is 1.92. The van der Waals surface area contributed by atoms with Crippen LogP contribution in [-0.2, 0) is 13.5 Å². The molecule has 3 N–H and O–H groups in total. The molecule has 0 aliphatic carbocycles. The summed E-state index contributed by atoms with van der Waals surface area (Å²) in [7, 11) is 2.07. The molecule has 0 saturated heterocycles. The second-order valence-corrected chi connectivity index (χ2v) is 4.33. The molecule has 2 rings (SSSR count). The van der Waals surface area contributed by atoms with E-state index in [1.807, 2.05) is 6.33 Å². The van der Waals surface area contributed by atoms with Crippen molar-refractivity contribution in [1.82, 2.24) is 14.9 Å². The van der Waals surface area contributed by atoms with Crippen LogP contribution >= 0.6 is 0 Å². The number of hydrogen-bond acceptors (Lipinski definition) is 3. The zero-order valence-corrected chi connectivity index (χ0v) is 9.53. The van der Waals surface area contributed by atoms with Crippen LogP contribution in [0.4, 0.5) is 0 Å². The van der Waals surface area contributed by atoms with Gasteiger partial charge in [0.2, 0.25) is 0 Å². The molecule has 1 aliphatic heterocycles. The average molecular weight is 208 g/mol. The monoisotopic (exact) mass is 208 g/mol. The Labute approximate surface area is 90.9 Å². The maximum atomic E-state index is 5.73. The van der Waals surface area contributed by atoms with E-state index in [0.29, 0.717) is 18.6 Å². The zero-order chi connectivity index (χ0) is 10.8. The minimum Gasteiger partial charge on any atom is -0.336 e. The van der Waals surface area contributed by atoms with Crippen LogP contribution in [0.2, 0.25) is 0 Å². The molecule has 15 heavy (non-hydrogen) atoms. The highest BCUT2D eigenvalue weighted by Gasteiger charge is 2.28. The summed E-state index contributed by atoms with van der Waals surface area (Å²) in [6.45, 7) is 2.90. The number of imidazole rings is 1. The number of nitrogens with zero attached hydrogens (tertiary/aromatic N) is 2. The summed E-state index contributed by atoms with van der Waals surface area (Å²) in [6, 6.07) is 0.823. The Morgan fingerprint density at radius 2 is 2.47 bits per heavy atom. The zero-order valence-electron chi connectivity index (χ0n) is 9.53. The molecular formula is C11H20N4. The van der Waals surface area contributed by atoms with E-state index >= 15 is 0 Å². The topological polar surface area (TPSA) is 55.9 Å². The standard InChI is InChI=1S/C11H20N4/c1-3-4-9-11-10(13-7-15(11)2)5-8(6-12)14-9/h7-9,14H,3-6,12H2,1-2H3. The number of rotatable bonds is 3. The first-order chi connectivity index (χ1) is 7.26. The molecule has 0 radical (unpaired) electrons. The minimum absolute atomic E-state index is 0.393. The van der Waals surface area contributed by atoms with Crippen molar-refractivity contribution >= 4 is 0 Å². The van der Waals surface area contributed by atoms with Gasteiger partial charge in [-0.25, -0.2) is 4.98 Å². The Morgan fingerprint density at radius 3 is 3.13 bits per heavy atom. The van der Waals surface area contributed by atoms with Gasteiger partial charge < -0.3 is 15.6 Å². The van der Waals surface area contributed by atoms with Crippen molar-refractivity contribution < 1.29 is 0 Å². The second-order valence-electron chi connectivity index (χ2n) is 4.33. The van der Waals surface area contributed by atoms with Crippen LogP contribution < -0.4 is 11.1 Å². The van der Waals surface area contributed by atoms with Crippen LogP contribution in [-0.4, -0.2) is 22.1 Å². The van der Waals surface area contributed by atoms with Gasteiger partial charge in [-0.1, -0.05) is 13.3 Å². The summed E-state index contributed by atoms with van der Waals surface area (Å²) < 4.78 is 2.13. The van der Waals surface area contributed by atoms with E-state index in [2.05, 4.69) is 28.8 Å². The van der Waals surface area contributed by atoms with Gasteiger partial charge >= 0.3 is 0 Å². The van der Waals surface area contributed by atoms with Crippen LogP contribution in [0.1, 0.15) is 37.2 Å². The Hall–Kier alpha value is -0.870. The smallest absolute Gasteiger partial charge is 0.0949 e. The summed E-state index contributed by atoms with van der Waals surface area (Å²) >= 11 is 0. The lowest BCUT2D eigenvalue weighted by Crippen LogP contribution is -2.44. The number of hydrogen-bond donors (Lipinski definition) is 2. The minimum atomic E-state index is 0.393. The fourth-order valence-electron chi connectivity index (χ4n) is 2.41. The molecule has 0 aromatic carbocycles. The second kappa shape index (κ2) is 4.33. The van der Waals surface area contributed by atoms with E-state index in [0.717, 1.165) is 12.8 Å². The number of aryl methyl sites for hydroxylation is 1. The normalized spacial score (nSPS) is 25.3. The van der Waals surface area contributed by atoms with E-state index in [-0.39, 0.29) is 0 Å². The van der Waals surface area contributed by atoms with Crippen LogP contribution in [0.5, 0.6) is 0 Å². The Bertz CT molecular complexity index is 331. The van der Waals surface area contributed by atoms with Crippen LogP contribution in [0.3, 0.4) is 0 Å². The number of aromatic nitrogens is 2. The van der Waals surface area contributed by atoms with Crippen molar-refractivity contribution in [3.63, 3.8) is 0 Å². The molecule has 2 heterocycles. The molecule has 0 amide bonds. The summed E-state index contributed by atoms with van der Waals surface area (Å²) in [5, 5.41) is 3.60. The number of fused-ring (bicyclic) bond motifs is 1. The van der Waals surface area contributed by atoms with Crippen molar-refractivity contribution in [2.45, 2.75) is 38.3 Å². The van der Waals surface area contributed by atoms with Gasteiger partial charge in [0.15, 0.2) is 0 Å². The highest BCUT2D eigenvalue weighted by Crippen LogP contribution is 2.27. The van der Waals surface area contributed by atoms with Crippen molar-refractivity contribution in [3.05, 3.63) is 17.7 Å². The van der Waals surface area contributed by atoms with Crippen molar-refractivity contribution in [2.24, 2.45) is 12.8 Å². The summed E-state index contributed by atoms with van der Waals surface area (Å²) in [6.07, 6.45) is 5.21. The third-order valence-electron chi connectivity index (χ3n) is 3.13. The van der Waals surface area contributed by atoms with E-state index < -0.39 is 0 Å². The molecule has 2 unspecified atom stereocenters. The van der Waals surface area contributed by atoms with E-state index in [9.17, 15) is 0 Å². The van der Waals surface area contributed by atoms with Gasteiger partial charge in [-0.3, -0.25) is 0 Å². The predicted octanol–water partition coefficient (Wildman–Crippen LogP) is 0.734. The Morgan fingerprint density at radius 1 is 1.67 bits per heavy atom. The van der Waals surface area contributed by atoms with Gasteiger partial charge in [0.05, 0.1) is 17.7 Å². The summed E-state index contributed by atoms with van der Waals surface area (Å²) in [4.78, 5) is 4.45. The fourth-order valence-corrected chi connectivity index (χ4v) is 2.41. The number of nitrogens with two attached hydrogens (primary N) is 1. The van der Waals surface area contributed by atoms with E-state index in [4.69, 9.17) is 5.73 Å². The lowest BCUT2D eigenvalue weighted by Gasteiger charge is -2.30. The molecule has 1 aromatic rings. The van der Waals surface area contributed by atoms with Crippen LogP contribution in [0, 0.1) is 0 Å². The van der Waals surface area contributed by atoms with Gasteiger partial charge in [0.25, 0.3) is 0 Å². The fraction of sp³-hybridized carbons (Fsp3) is 0.727. The van der Waals surface area contributed by atoms with Crippen LogP contribution in [0.25, 0.3) is 0 Å². The molecule has 0 bridgehead atoms. The molecule has 0 fully saturated rings. The molecule has 0 saturated carbocycles. The van der Waals surface area contributed by atoms with E-state index in [1.165, 1.54) is 17.8 Å². The average Bonchev–Trinajstić information content (AvgIpc) is 2.61. The lowest BCUT2D eigenvalue weighted by atomic mass is 9.96. The lowest BCUT2D eigenvalue weighted by molar-refractivity contribution is 0.372. The van der Waals surface area contributed by atoms with Gasteiger partial charge in [0, 0.05) is 32.1 Å². The third-order valence-corrected chi connectivity index (χ3v) is 3.13. The van der Waals surface area contributed by atoms with Gasteiger partial charge in [-0.2, -0.15) is 0 Å². The van der Waals surface area contributed by atoms with Crippen LogP contribution in [0.15, 0.2) is 6.33 Å². The first-order valence-corrected chi connectivity index (χ1v) is 5.72. The van der Waals surface area contributed by atoms with Crippen molar-refractivity contribution in [1.29, 1.82) is 0 Å². The largest absolute Gasteiger partial charge is 0.336 e. The molecule has 4 heteroatoms. The SMILES string of the molecule is CCCC1NC(CN)Cc2ncn(C)c21. The Balaban J connectivity index is 2.27. The molecular weight excluding hydrogens is 188 g/mol. The Kier molecular flexibility index (Phi) is 3.07. The van der Waals surface area contributed by atoms with Gasteiger partial charge in [0.1, 0.15) is 0 Å². The predicted molar refractivity (Wildman–Crippen MR) is 60.5 cm³/mol. The summed E-state index contributed by atoms with van der Waals surface area (Å²) in [5.74, 6) is 0. The van der Waals surface area contributed by atoms with E-state index in [1.54, 1.807) is 0 Å². The summed E-state index contributed by atoms with van der Waals surface area (Å²) in [5.41, 5.74) is 8.30. The van der Waals surface area contributed by atoms with Gasteiger partial charge in [-0.05, 0) is 6.42 Å². The maximum absolute atomic E-state index is 5.73. The van der Waals surface area contributed by atoms with Crippen molar-refractivity contribution in [2.75, 3.05) is 6.54 Å². The molecule has 1 aromatic heterocycles. The maximum Gasteiger partial charge on any atom is 0.0949 e. The quantitative estimate of drug-likeness (QED) is 0.770. The first kappa shape index (κ1) is 10.6. The molecule has 2 atom stereocenters. The molecule has 0 spiro atoms.